The van der Waals surface area contributed by atoms with Crippen molar-refractivity contribution < 1.29 is 53.3 Å². The molecule has 2 N–H and O–H groups in total. The zero-order valence-electron chi connectivity index (χ0n) is 27.3. The van der Waals surface area contributed by atoms with E-state index in [9.17, 15) is 14.4 Å². The number of esters is 2. The number of aromatic nitrogens is 6. The number of hydrogen-bond acceptors (Lipinski definition) is 9. The van der Waals surface area contributed by atoms with E-state index in [2.05, 4.69) is 15.0 Å². The average Bonchev–Trinajstić information content (AvgIpc) is 3.85. The Hall–Kier alpha value is -5.16. The minimum atomic E-state index is -1.10. The van der Waals surface area contributed by atoms with Gasteiger partial charge in [0.1, 0.15) is 12.7 Å². The maximum atomic E-state index is 11.8. The number of imidazole rings is 3. The van der Waals surface area contributed by atoms with Crippen molar-refractivity contribution in [3.8, 4) is 17.1 Å². The predicted octanol–water partition coefficient (Wildman–Crippen LogP) is 4.44. The molecule has 0 amide bonds. The number of hydrogen-bond donors (Lipinski definition) is 1. The van der Waals surface area contributed by atoms with Crippen LogP contribution < -0.4 is 18.9 Å². The van der Waals surface area contributed by atoms with Crippen molar-refractivity contribution >= 4 is 41.1 Å². The second kappa shape index (κ2) is 21.8. The first kappa shape index (κ1) is 43.9. The minimum Gasteiger partial charge on any atom is -0.870 e. The van der Waals surface area contributed by atoms with Crippen LogP contribution >= 0.6 is 23.2 Å². The van der Waals surface area contributed by atoms with Crippen LogP contribution in [-0.4, -0.2) is 70.4 Å². The molecule has 3 aromatic heterocycles. The van der Waals surface area contributed by atoms with Gasteiger partial charge in [-0.15, -0.1) is 0 Å². The van der Waals surface area contributed by atoms with Crippen LogP contribution in [0.1, 0.15) is 52.7 Å². The van der Waals surface area contributed by atoms with Gasteiger partial charge in [-0.05, 0) is 50.2 Å². The maximum Gasteiger partial charge on any atom is 1.00 e. The van der Waals surface area contributed by atoms with Crippen LogP contribution in [-0.2, 0) is 9.47 Å². The molecular weight excluding hydrogens is 694 g/mol. The quantitative estimate of drug-likeness (QED) is 0.174. The van der Waals surface area contributed by atoms with E-state index in [4.69, 9.17) is 37.8 Å². The number of benzene rings is 3. The van der Waals surface area contributed by atoms with Gasteiger partial charge in [0.05, 0.1) is 25.7 Å². The molecule has 262 valence electrons. The van der Waals surface area contributed by atoms with E-state index in [1.807, 2.05) is 78.9 Å². The monoisotopic (exact) mass is 728 g/mol. The Balaban J connectivity index is 0.000000372. The molecule has 6 aromatic rings. The first-order valence-corrected chi connectivity index (χ1v) is 15.2. The van der Waals surface area contributed by atoms with Crippen molar-refractivity contribution in [3.63, 3.8) is 0 Å². The van der Waals surface area contributed by atoms with Gasteiger partial charge in [0.25, 0.3) is 0 Å². The van der Waals surface area contributed by atoms with E-state index in [1.54, 1.807) is 41.4 Å². The Kier molecular flexibility index (Phi) is 18.8. The summed E-state index contributed by atoms with van der Waals surface area (Å²) in [4.78, 5) is 46.0. The Labute approximate surface area is 316 Å². The number of rotatable bonds is 8. The fraction of sp³-hybridized carbons (Fsp3) is 0.143. The average molecular weight is 730 g/mol. The van der Waals surface area contributed by atoms with Crippen LogP contribution in [0.25, 0.3) is 17.1 Å². The van der Waals surface area contributed by atoms with E-state index in [0.717, 1.165) is 11.4 Å². The molecule has 3 heterocycles. The maximum absolute atomic E-state index is 11.8. The molecule has 0 spiro atoms. The van der Waals surface area contributed by atoms with Gasteiger partial charge >= 0.3 is 36.8 Å². The number of ether oxygens (including phenoxy) is 2. The molecule has 0 aliphatic rings. The Morgan fingerprint density at radius 3 is 1.47 bits per heavy atom. The van der Waals surface area contributed by atoms with Crippen LogP contribution in [0.5, 0.6) is 0 Å². The third-order valence-corrected chi connectivity index (χ3v) is 6.90. The summed E-state index contributed by atoms with van der Waals surface area (Å²) in [6.45, 7) is 4.18. The minimum absolute atomic E-state index is 0. The van der Waals surface area contributed by atoms with Gasteiger partial charge in [-0.1, -0.05) is 85.2 Å². The number of carboxylic acids is 1. The summed E-state index contributed by atoms with van der Waals surface area (Å²) in [5.41, 5.74) is 3.09. The number of nitrogens with zero attached hydrogens (tertiary/aromatic N) is 6. The van der Waals surface area contributed by atoms with Crippen molar-refractivity contribution in [1.29, 1.82) is 0 Å². The van der Waals surface area contributed by atoms with E-state index in [0.29, 0.717) is 24.6 Å². The zero-order chi connectivity index (χ0) is 34.5. The van der Waals surface area contributed by atoms with E-state index in [1.165, 1.54) is 23.4 Å². The molecule has 16 heteroatoms. The summed E-state index contributed by atoms with van der Waals surface area (Å²) < 4.78 is 14.6. The van der Waals surface area contributed by atoms with Gasteiger partial charge < -0.3 is 20.1 Å². The molecule has 0 radical (unpaired) electrons. The summed E-state index contributed by atoms with van der Waals surface area (Å²) in [5, 5.41) is 9.09. The Morgan fingerprint density at radius 1 is 0.647 bits per heavy atom. The predicted molar refractivity (Wildman–Crippen MR) is 188 cm³/mol. The first-order chi connectivity index (χ1) is 23.3. The van der Waals surface area contributed by atoms with Crippen LogP contribution in [0.2, 0.25) is 10.3 Å². The van der Waals surface area contributed by atoms with E-state index >= 15 is 0 Å². The molecule has 51 heavy (non-hydrogen) atoms. The first-order valence-electron chi connectivity index (χ1n) is 14.5. The summed E-state index contributed by atoms with van der Waals surface area (Å²) >= 11 is 11.6. The van der Waals surface area contributed by atoms with Crippen LogP contribution in [0, 0.1) is 0 Å². The molecule has 0 saturated carbocycles. The fourth-order valence-electron chi connectivity index (χ4n) is 4.24. The fourth-order valence-corrected chi connectivity index (χ4v) is 4.67. The molecular formula is C35H35Cl2LiN6O7. The van der Waals surface area contributed by atoms with Crippen LogP contribution in [0.4, 0.5) is 0 Å². The molecule has 0 aliphatic heterocycles. The number of carbonyl (C=O) groups excluding carboxylic acids is 2. The molecule has 6 rings (SSSR count). The van der Waals surface area contributed by atoms with Crippen molar-refractivity contribution in [2.75, 3.05) is 13.2 Å². The van der Waals surface area contributed by atoms with Crippen LogP contribution in [0.3, 0.4) is 0 Å². The second-order valence-electron chi connectivity index (χ2n) is 9.41. The van der Waals surface area contributed by atoms with Gasteiger partial charge in [0, 0.05) is 17.1 Å². The summed E-state index contributed by atoms with van der Waals surface area (Å²) in [6.07, 6.45) is 6.00. The van der Waals surface area contributed by atoms with Gasteiger partial charge in [0.2, 0.25) is 0 Å². The molecule has 0 unspecified atom stereocenters. The van der Waals surface area contributed by atoms with Crippen molar-refractivity contribution in [2.24, 2.45) is 0 Å². The normalized spacial score (nSPS) is 9.57. The SMILES string of the molecule is C.CCOC(=O)c1c(Cl)ncn1-c1ccccc1.CCOC(=O)c1cncn1-c1ccccc1.O=C(O)c1c(Cl)ncn1-c1ccccc1.[Li+].[OH-]. The largest absolute Gasteiger partial charge is 1.00 e. The molecule has 0 fully saturated rings. The summed E-state index contributed by atoms with van der Waals surface area (Å²) in [6, 6.07) is 28.0. The third kappa shape index (κ3) is 11.4. The van der Waals surface area contributed by atoms with Gasteiger partial charge in [0.15, 0.2) is 27.4 Å². The summed E-state index contributed by atoms with van der Waals surface area (Å²) in [7, 11) is 0. The molecule has 13 nitrogen and oxygen atoms in total. The molecule has 0 saturated heterocycles. The van der Waals surface area contributed by atoms with Crippen molar-refractivity contribution in [2.45, 2.75) is 21.3 Å². The topological polar surface area (TPSA) is 173 Å². The number of carboxylic acid groups (broad SMARTS) is 1. The molecule has 3 aromatic carbocycles. The number of para-hydroxylation sites is 3. The Bertz CT molecular complexity index is 1950. The van der Waals surface area contributed by atoms with E-state index < -0.39 is 11.9 Å². The molecule has 0 atom stereocenters. The van der Waals surface area contributed by atoms with Crippen LogP contribution in [0.15, 0.2) is 116 Å². The van der Waals surface area contributed by atoms with Gasteiger partial charge in [-0.2, -0.15) is 0 Å². The second-order valence-corrected chi connectivity index (χ2v) is 10.1. The summed E-state index contributed by atoms with van der Waals surface area (Å²) in [5.74, 6) is -1.93. The van der Waals surface area contributed by atoms with Crippen molar-refractivity contribution in [3.05, 3.63) is 144 Å². The Morgan fingerprint density at radius 2 is 1.04 bits per heavy atom. The zero-order valence-corrected chi connectivity index (χ0v) is 28.8. The van der Waals surface area contributed by atoms with Gasteiger partial charge in [-0.25, -0.2) is 29.3 Å². The smallest absolute Gasteiger partial charge is 0.870 e. The number of aromatic carboxylic acids is 1. The standard InChI is InChI=1S/C12H11ClN2O2.C12H12N2O2.C10H7ClN2O2.CH4.Li.H2O/c1-2-17-12(16)10-11(13)14-8-15(10)9-6-4-3-5-7-9;1-2-16-12(15)11-8-13-9-14(11)10-6-4-3-5-7-10;11-9-8(10(14)15)13(6-12-9)7-4-2-1-3-5-7;;;/h3-8H,2H2,1H3;3-9H,2H2,1H3;1-6H,(H,14,15);1H4;;1H2/q;;;;+1;/p-1. The molecule has 0 bridgehead atoms. The number of carbonyl (C=O) groups is 3. The third-order valence-electron chi connectivity index (χ3n) is 6.34. The number of halogens is 2. The van der Waals surface area contributed by atoms with Gasteiger partial charge in [-0.3, -0.25) is 13.7 Å². The van der Waals surface area contributed by atoms with E-state index in [-0.39, 0.29) is 59.4 Å². The molecule has 0 aliphatic carbocycles. The van der Waals surface area contributed by atoms with Crippen molar-refractivity contribution in [1.82, 2.24) is 28.7 Å².